The lowest BCUT2D eigenvalue weighted by Gasteiger charge is -2.39. The first-order valence-corrected chi connectivity index (χ1v) is 10.9. The minimum Gasteiger partial charge on any atom is -0.465 e. The van der Waals surface area contributed by atoms with Gasteiger partial charge in [-0.3, -0.25) is 9.69 Å². The standard InChI is InChI=1S/C24H27N3O2S.ClH/c28-22(16-18-8-3-1-4-9-18)29-15-7-13-27-14-12-21-20(17-27)23(26-24(30)25-21)19-10-5-2-6-11-19;/h1-6,8-11,23H,7,12-17H2,(H2,25,26,30);1H. The van der Waals surface area contributed by atoms with E-state index in [9.17, 15) is 4.79 Å². The maximum atomic E-state index is 12.0. The second kappa shape index (κ2) is 11.3. The smallest absolute Gasteiger partial charge is 0.310 e. The Morgan fingerprint density at radius 2 is 1.81 bits per heavy atom. The summed E-state index contributed by atoms with van der Waals surface area (Å²) >= 11 is 5.42. The number of carbonyl (C=O) groups is 1. The van der Waals surface area contributed by atoms with E-state index in [1.54, 1.807) is 0 Å². The van der Waals surface area contributed by atoms with Gasteiger partial charge in [0.15, 0.2) is 5.11 Å². The normalized spacial score (nSPS) is 18.3. The molecule has 1 unspecified atom stereocenters. The number of nitrogens with one attached hydrogen (secondary N) is 2. The predicted molar refractivity (Wildman–Crippen MR) is 129 cm³/mol. The summed E-state index contributed by atoms with van der Waals surface area (Å²) in [4.78, 5) is 14.4. The van der Waals surface area contributed by atoms with E-state index >= 15 is 0 Å². The molecule has 2 N–H and O–H groups in total. The van der Waals surface area contributed by atoms with Gasteiger partial charge in [-0.15, -0.1) is 12.4 Å². The number of esters is 1. The summed E-state index contributed by atoms with van der Waals surface area (Å²) in [5, 5.41) is 7.47. The van der Waals surface area contributed by atoms with E-state index < -0.39 is 0 Å². The van der Waals surface area contributed by atoms with Gasteiger partial charge in [0.05, 0.1) is 19.1 Å². The Morgan fingerprint density at radius 3 is 2.55 bits per heavy atom. The van der Waals surface area contributed by atoms with Crippen molar-refractivity contribution in [2.45, 2.75) is 25.3 Å². The number of rotatable bonds is 7. The lowest BCUT2D eigenvalue weighted by molar-refractivity contribution is -0.143. The maximum absolute atomic E-state index is 12.0. The van der Waals surface area contributed by atoms with Gasteiger partial charge in [-0.1, -0.05) is 60.7 Å². The maximum Gasteiger partial charge on any atom is 0.310 e. The SMILES string of the molecule is Cl.O=C(Cc1ccccc1)OCCCN1CCC2=C(C1)C(c1ccccc1)NC(=S)N2. The average Bonchev–Trinajstić information content (AvgIpc) is 2.77. The van der Waals surface area contributed by atoms with Crippen molar-refractivity contribution in [2.75, 3.05) is 26.2 Å². The Balaban J connectivity index is 0.00000272. The van der Waals surface area contributed by atoms with E-state index in [0.717, 1.165) is 38.0 Å². The summed E-state index contributed by atoms with van der Waals surface area (Å²) in [5.41, 5.74) is 4.81. The first kappa shape index (κ1) is 23.3. The summed E-state index contributed by atoms with van der Waals surface area (Å²) in [6.45, 7) is 3.22. The van der Waals surface area contributed by atoms with Crippen molar-refractivity contribution in [1.29, 1.82) is 0 Å². The van der Waals surface area contributed by atoms with Crippen LogP contribution < -0.4 is 10.6 Å². The van der Waals surface area contributed by atoms with E-state index in [0.29, 0.717) is 18.1 Å². The quantitative estimate of drug-likeness (QED) is 0.375. The molecule has 164 valence electrons. The third-order valence-electron chi connectivity index (χ3n) is 5.55. The highest BCUT2D eigenvalue weighted by atomic mass is 35.5. The Bertz CT molecular complexity index is 921. The predicted octanol–water partition coefficient (Wildman–Crippen LogP) is 3.76. The number of hydrogen-bond acceptors (Lipinski definition) is 4. The summed E-state index contributed by atoms with van der Waals surface area (Å²) in [6, 6.07) is 20.3. The Labute approximate surface area is 195 Å². The topological polar surface area (TPSA) is 53.6 Å². The van der Waals surface area contributed by atoms with Crippen LogP contribution in [0, 0.1) is 0 Å². The Hall–Kier alpha value is -2.41. The fourth-order valence-electron chi connectivity index (χ4n) is 4.05. The van der Waals surface area contributed by atoms with Gasteiger partial charge < -0.3 is 15.4 Å². The average molecular weight is 458 g/mol. The van der Waals surface area contributed by atoms with Crippen molar-refractivity contribution in [2.24, 2.45) is 0 Å². The monoisotopic (exact) mass is 457 g/mol. The molecule has 31 heavy (non-hydrogen) atoms. The van der Waals surface area contributed by atoms with Crippen molar-refractivity contribution in [3.8, 4) is 0 Å². The fraction of sp³-hybridized carbons (Fsp3) is 0.333. The van der Waals surface area contributed by atoms with E-state index in [1.807, 2.05) is 36.4 Å². The number of halogens is 1. The van der Waals surface area contributed by atoms with Gasteiger partial charge in [0, 0.05) is 31.8 Å². The van der Waals surface area contributed by atoms with Gasteiger partial charge in [0.25, 0.3) is 0 Å². The molecule has 1 atom stereocenters. The highest BCUT2D eigenvalue weighted by Gasteiger charge is 2.30. The molecular formula is C24H28ClN3O2S. The highest BCUT2D eigenvalue weighted by molar-refractivity contribution is 7.80. The van der Waals surface area contributed by atoms with Gasteiger partial charge in [0.2, 0.25) is 0 Å². The molecule has 0 amide bonds. The van der Waals surface area contributed by atoms with Crippen molar-refractivity contribution >= 4 is 35.7 Å². The van der Waals surface area contributed by atoms with Gasteiger partial charge in [-0.25, -0.2) is 0 Å². The number of nitrogens with zero attached hydrogens (tertiary/aromatic N) is 1. The van der Waals surface area contributed by atoms with Crippen LogP contribution in [0.25, 0.3) is 0 Å². The van der Waals surface area contributed by atoms with Crippen LogP contribution in [0.4, 0.5) is 0 Å². The molecule has 2 aromatic rings. The number of hydrogen-bond donors (Lipinski definition) is 2. The van der Waals surface area contributed by atoms with Crippen LogP contribution in [-0.2, 0) is 16.0 Å². The second-order valence-electron chi connectivity index (χ2n) is 7.71. The largest absolute Gasteiger partial charge is 0.465 e. The van der Waals surface area contributed by atoms with Gasteiger partial charge >= 0.3 is 5.97 Å². The third kappa shape index (κ3) is 6.29. The van der Waals surface area contributed by atoms with Crippen LogP contribution >= 0.6 is 24.6 Å². The van der Waals surface area contributed by atoms with Crippen molar-refractivity contribution in [3.05, 3.63) is 83.1 Å². The molecule has 0 aromatic heterocycles. The molecule has 0 aliphatic carbocycles. The number of carbonyl (C=O) groups excluding carboxylic acids is 1. The summed E-state index contributed by atoms with van der Waals surface area (Å²) < 4.78 is 5.43. The van der Waals surface area contributed by atoms with E-state index in [2.05, 4.69) is 39.8 Å². The first-order valence-electron chi connectivity index (χ1n) is 10.5. The van der Waals surface area contributed by atoms with Crippen molar-refractivity contribution in [1.82, 2.24) is 15.5 Å². The van der Waals surface area contributed by atoms with Crippen LogP contribution in [0.15, 0.2) is 71.9 Å². The molecule has 7 heteroatoms. The summed E-state index contributed by atoms with van der Waals surface area (Å²) in [6.07, 6.45) is 2.11. The van der Waals surface area contributed by atoms with Gasteiger partial charge in [0.1, 0.15) is 0 Å². The second-order valence-corrected chi connectivity index (χ2v) is 8.12. The fourth-order valence-corrected chi connectivity index (χ4v) is 4.30. The lowest BCUT2D eigenvalue weighted by atomic mass is 9.92. The lowest BCUT2D eigenvalue weighted by Crippen LogP contribution is -2.49. The summed E-state index contributed by atoms with van der Waals surface area (Å²) in [5.74, 6) is -0.164. The molecular weight excluding hydrogens is 430 g/mol. The van der Waals surface area contributed by atoms with E-state index in [1.165, 1.54) is 16.8 Å². The zero-order chi connectivity index (χ0) is 20.8. The molecule has 0 fully saturated rings. The molecule has 2 heterocycles. The van der Waals surface area contributed by atoms with E-state index in [-0.39, 0.29) is 24.4 Å². The Morgan fingerprint density at radius 1 is 1.10 bits per heavy atom. The van der Waals surface area contributed by atoms with Crippen molar-refractivity contribution < 1.29 is 9.53 Å². The molecule has 5 nitrogen and oxygen atoms in total. The van der Waals surface area contributed by atoms with Crippen LogP contribution in [0.1, 0.15) is 30.0 Å². The third-order valence-corrected chi connectivity index (χ3v) is 5.77. The molecule has 0 saturated heterocycles. The molecule has 2 aromatic carbocycles. The number of benzene rings is 2. The molecule has 2 aliphatic heterocycles. The molecule has 0 radical (unpaired) electrons. The highest BCUT2D eigenvalue weighted by Crippen LogP contribution is 2.31. The Kier molecular flexibility index (Phi) is 8.46. The molecule has 4 rings (SSSR count). The molecule has 0 saturated carbocycles. The number of ether oxygens (including phenoxy) is 1. The molecule has 0 bridgehead atoms. The van der Waals surface area contributed by atoms with Crippen molar-refractivity contribution in [3.63, 3.8) is 0 Å². The van der Waals surface area contributed by atoms with Crippen LogP contribution in [0.5, 0.6) is 0 Å². The molecule has 2 aliphatic rings. The summed E-state index contributed by atoms with van der Waals surface area (Å²) in [7, 11) is 0. The van der Waals surface area contributed by atoms with Crippen LogP contribution in [-0.4, -0.2) is 42.2 Å². The minimum atomic E-state index is -0.164. The zero-order valence-corrected chi connectivity index (χ0v) is 19.0. The zero-order valence-electron chi connectivity index (χ0n) is 17.4. The van der Waals surface area contributed by atoms with Gasteiger partial charge in [-0.05, 0) is 35.3 Å². The van der Waals surface area contributed by atoms with Crippen LogP contribution in [0.3, 0.4) is 0 Å². The van der Waals surface area contributed by atoms with Gasteiger partial charge in [-0.2, -0.15) is 0 Å². The first-order chi connectivity index (χ1) is 14.7. The minimum absolute atomic E-state index is 0. The van der Waals surface area contributed by atoms with Crippen LogP contribution in [0.2, 0.25) is 0 Å². The number of thiocarbonyl (C=S) groups is 1. The van der Waals surface area contributed by atoms with E-state index in [4.69, 9.17) is 17.0 Å². The molecule has 0 spiro atoms.